The highest BCUT2D eigenvalue weighted by molar-refractivity contribution is 7.10. The summed E-state index contributed by atoms with van der Waals surface area (Å²) >= 11 is 1.49. The van der Waals surface area contributed by atoms with Gasteiger partial charge in [-0.25, -0.2) is 0 Å². The van der Waals surface area contributed by atoms with E-state index in [1.54, 1.807) is 0 Å². The Bertz CT molecular complexity index is 526. The summed E-state index contributed by atoms with van der Waals surface area (Å²) < 4.78 is 0. The largest absolute Gasteiger partial charge is 0.349 e. The average molecular weight is 290 g/mol. The Labute approximate surface area is 124 Å². The van der Waals surface area contributed by atoms with E-state index in [2.05, 4.69) is 31.0 Å². The fourth-order valence-corrected chi connectivity index (χ4v) is 3.23. The van der Waals surface area contributed by atoms with E-state index in [1.807, 2.05) is 11.4 Å². The van der Waals surface area contributed by atoms with Crippen LogP contribution in [0.2, 0.25) is 0 Å². The Morgan fingerprint density at radius 2 is 2.20 bits per heavy atom. The molecular formula is C16H22N2OS. The molecule has 1 fully saturated rings. The second-order valence-electron chi connectivity index (χ2n) is 6.12. The summed E-state index contributed by atoms with van der Waals surface area (Å²) in [5.41, 5.74) is 6.47. The molecule has 3 N–H and O–H groups in total. The van der Waals surface area contributed by atoms with Gasteiger partial charge in [0.05, 0.1) is 17.0 Å². The predicted molar refractivity (Wildman–Crippen MR) is 83.8 cm³/mol. The van der Waals surface area contributed by atoms with Crippen molar-refractivity contribution in [2.24, 2.45) is 11.1 Å². The lowest BCUT2D eigenvalue weighted by Gasteiger charge is -2.34. The molecule has 0 aliphatic heterocycles. The monoisotopic (exact) mass is 290 g/mol. The molecule has 0 bridgehead atoms. The van der Waals surface area contributed by atoms with Gasteiger partial charge >= 0.3 is 0 Å². The van der Waals surface area contributed by atoms with Crippen LogP contribution in [0.3, 0.4) is 0 Å². The summed E-state index contributed by atoms with van der Waals surface area (Å²) in [5, 5.41) is 5.00. The van der Waals surface area contributed by atoms with Gasteiger partial charge in [0, 0.05) is 11.4 Å². The second-order valence-corrected chi connectivity index (χ2v) is 7.03. The molecule has 0 aromatic carbocycles. The van der Waals surface area contributed by atoms with Crippen molar-refractivity contribution in [3.63, 3.8) is 0 Å². The number of hydrogen-bond acceptors (Lipinski definition) is 3. The SMILES string of the molecule is CC1(C)CCC(NC(=O)c2csc(C#CCN)c2)CC1. The topological polar surface area (TPSA) is 55.1 Å². The molecule has 1 aliphatic rings. The number of carbonyl (C=O) groups is 1. The number of nitrogens with one attached hydrogen (secondary N) is 1. The summed E-state index contributed by atoms with van der Waals surface area (Å²) in [6.07, 6.45) is 4.50. The average Bonchev–Trinajstić information content (AvgIpc) is 2.88. The van der Waals surface area contributed by atoms with Gasteiger partial charge in [-0.3, -0.25) is 4.79 Å². The highest BCUT2D eigenvalue weighted by Gasteiger charge is 2.27. The number of nitrogens with two attached hydrogens (primary N) is 1. The Kier molecular flexibility index (Phi) is 4.85. The Balaban J connectivity index is 1.90. The highest BCUT2D eigenvalue weighted by Crippen LogP contribution is 2.35. The Morgan fingerprint density at radius 1 is 1.50 bits per heavy atom. The summed E-state index contributed by atoms with van der Waals surface area (Å²) in [7, 11) is 0. The van der Waals surface area contributed by atoms with Crippen LogP contribution in [0, 0.1) is 17.3 Å². The van der Waals surface area contributed by atoms with Crippen molar-refractivity contribution in [1.29, 1.82) is 0 Å². The molecule has 108 valence electrons. The van der Waals surface area contributed by atoms with E-state index in [9.17, 15) is 4.79 Å². The van der Waals surface area contributed by atoms with Crippen molar-refractivity contribution in [3.8, 4) is 11.8 Å². The third kappa shape index (κ3) is 4.09. The van der Waals surface area contributed by atoms with Crippen molar-refractivity contribution in [1.82, 2.24) is 5.32 Å². The molecule has 0 unspecified atom stereocenters. The first-order chi connectivity index (χ1) is 9.50. The number of rotatable bonds is 2. The molecule has 20 heavy (non-hydrogen) atoms. The van der Waals surface area contributed by atoms with Gasteiger partial charge in [0.25, 0.3) is 5.91 Å². The number of thiophene rings is 1. The van der Waals surface area contributed by atoms with Gasteiger partial charge in [-0.05, 0) is 37.2 Å². The summed E-state index contributed by atoms with van der Waals surface area (Å²) in [5.74, 6) is 5.78. The molecule has 1 heterocycles. The minimum Gasteiger partial charge on any atom is -0.349 e. The van der Waals surface area contributed by atoms with Gasteiger partial charge in [0.2, 0.25) is 0 Å². The fourth-order valence-electron chi connectivity index (χ4n) is 2.47. The first kappa shape index (κ1) is 15.1. The van der Waals surface area contributed by atoms with Crippen LogP contribution < -0.4 is 11.1 Å². The third-order valence-corrected chi connectivity index (χ3v) is 4.70. The van der Waals surface area contributed by atoms with E-state index in [4.69, 9.17) is 5.73 Å². The molecule has 0 spiro atoms. The lowest BCUT2D eigenvalue weighted by molar-refractivity contribution is 0.0909. The maximum absolute atomic E-state index is 12.2. The lowest BCUT2D eigenvalue weighted by atomic mass is 9.75. The van der Waals surface area contributed by atoms with E-state index in [0.717, 1.165) is 17.7 Å². The van der Waals surface area contributed by atoms with E-state index >= 15 is 0 Å². The highest BCUT2D eigenvalue weighted by atomic mass is 32.1. The smallest absolute Gasteiger partial charge is 0.252 e. The number of amides is 1. The van der Waals surface area contributed by atoms with Gasteiger partial charge in [0.15, 0.2) is 0 Å². The number of hydrogen-bond donors (Lipinski definition) is 2. The molecule has 1 aromatic rings. The summed E-state index contributed by atoms with van der Waals surface area (Å²) in [6.45, 7) is 4.94. The maximum Gasteiger partial charge on any atom is 0.252 e. The molecule has 3 nitrogen and oxygen atoms in total. The molecule has 1 amide bonds. The van der Waals surface area contributed by atoms with Crippen LogP contribution in [0.15, 0.2) is 11.4 Å². The van der Waals surface area contributed by atoms with Crippen LogP contribution >= 0.6 is 11.3 Å². The van der Waals surface area contributed by atoms with E-state index in [1.165, 1.54) is 24.2 Å². The lowest BCUT2D eigenvalue weighted by Crippen LogP contribution is -2.39. The van der Waals surface area contributed by atoms with Crippen LogP contribution in [0.4, 0.5) is 0 Å². The minimum atomic E-state index is 0.0201. The zero-order valence-electron chi connectivity index (χ0n) is 12.2. The van der Waals surface area contributed by atoms with Crippen molar-refractivity contribution in [3.05, 3.63) is 21.9 Å². The van der Waals surface area contributed by atoms with E-state index < -0.39 is 0 Å². The molecule has 0 saturated heterocycles. The molecule has 0 radical (unpaired) electrons. The van der Waals surface area contributed by atoms with Crippen molar-refractivity contribution in [2.45, 2.75) is 45.6 Å². The van der Waals surface area contributed by atoms with E-state index in [-0.39, 0.29) is 5.91 Å². The second kappa shape index (κ2) is 6.43. The van der Waals surface area contributed by atoms with Crippen molar-refractivity contribution < 1.29 is 4.79 Å². The quantitative estimate of drug-likeness (QED) is 0.823. The molecule has 1 aliphatic carbocycles. The van der Waals surface area contributed by atoms with Crippen LogP contribution in [0.5, 0.6) is 0 Å². The molecule has 2 rings (SSSR count). The fraction of sp³-hybridized carbons (Fsp3) is 0.562. The van der Waals surface area contributed by atoms with Crippen LogP contribution in [0.25, 0.3) is 0 Å². The predicted octanol–water partition coefficient (Wildman–Crippen LogP) is 2.76. The van der Waals surface area contributed by atoms with Crippen LogP contribution in [0.1, 0.15) is 54.8 Å². The minimum absolute atomic E-state index is 0.0201. The van der Waals surface area contributed by atoms with E-state index in [0.29, 0.717) is 23.6 Å². The molecule has 1 saturated carbocycles. The van der Waals surface area contributed by atoms with Crippen molar-refractivity contribution in [2.75, 3.05) is 6.54 Å². The normalized spacial score (nSPS) is 18.1. The molecule has 0 atom stereocenters. The van der Waals surface area contributed by atoms with Crippen molar-refractivity contribution >= 4 is 17.2 Å². The zero-order chi connectivity index (χ0) is 14.6. The van der Waals surface area contributed by atoms with Crippen LogP contribution in [-0.4, -0.2) is 18.5 Å². The van der Waals surface area contributed by atoms with Crippen LogP contribution in [-0.2, 0) is 0 Å². The molecular weight excluding hydrogens is 268 g/mol. The first-order valence-corrected chi connectivity index (χ1v) is 7.96. The first-order valence-electron chi connectivity index (χ1n) is 7.08. The maximum atomic E-state index is 12.2. The Morgan fingerprint density at radius 3 is 2.85 bits per heavy atom. The van der Waals surface area contributed by atoms with Gasteiger partial charge in [-0.2, -0.15) is 0 Å². The third-order valence-electron chi connectivity index (χ3n) is 3.85. The Hall–Kier alpha value is -1.31. The van der Waals surface area contributed by atoms with Gasteiger partial charge in [-0.1, -0.05) is 25.7 Å². The van der Waals surface area contributed by atoms with Gasteiger partial charge in [0.1, 0.15) is 0 Å². The zero-order valence-corrected chi connectivity index (χ0v) is 13.0. The standard InChI is InChI=1S/C16H22N2OS/c1-16(2)7-5-13(6-8-16)18-15(19)12-10-14(20-11-12)4-3-9-17/h10-11,13H,5-9,17H2,1-2H3,(H,18,19). The summed E-state index contributed by atoms with van der Waals surface area (Å²) in [6, 6.07) is 2.16. The number of carbonyl (C=O) groups excluding carboxylic acids is 1. The van der Waals surface area contributed by atoms with Gasteiger partial charge in [-0.15, -0.1) is 11.3 Å². The molecule has 4 heteroatoms. The summed E-state index contributed by atoms with van der Waals surface area (Å²) in [4.78, 5) is 13.1. The van der Waals surface area contributed by atoms with Gasteiger partial charge < -0.3 is 11.1 Å². The molecule has 1 aromatic heterocycles.